The molecule has 6 nitrogen and oxygen atoms in total. The lowest BCUT2D eigenvalue weighted by Crippen LogP contribution is -2.26. The molecule has 3 N–H and O–H groups in total. The first-order valence-electron chi connectivity index (χ1n) is 8.99. The summed E-state index contributed by atoms with van der Waals surface area (Å²) in [4.78, 5) is 19.9. The number of halogens is 1. The molecule has 0 atom stereocenters. The molecule has 0 bridgehead atoms. The topological polar surface area (TPSA) is 90.1 Å². The fourth-order valence-corrected chi connectivity index (χ4v) is 3.55. The van der Waals surface area contributed by atoms with Crippen LogP contribution in [0.2, 0.25) is 5.15 Å². The van der Waals surface area contributed by atoms with E-state index in [1.165, 1.54) is 17.3 Å². The number of alkyl carbamates (subject to hydrolysis) is 1. The van der Waals surface area contributed by atoms with Crippen LogP contribution in [-0.4, -0.2) is 29.2 Å². The number of hydrogen-bond acceptors (Lipinski definition) is 5. The Bertz CT molecular complexity index is 1090. The molecule has 2 aromatic carbocycles. The number of aromatic nitrogens is 2. The first-order chi connectivity index (χ1) is 14.1. The number of nitrogens with zero attached hydrogens (tertiary/aromatic N) is 2. The van der Waals surface area contributed by atoms with Crippen molar-refractivity contribution >= 4 is 23.5 Å². The van der Waals surface area contributed by atoms with E-state index >= 15 is 0 Å². The first kappa shape index (κ1) is 18.8. The zero-order valence-corrected chi connectivity index (χ0v) is 16.1. The Kier molecular flexibility index (Phi) is 5.32. The Morgan fingerprint density at radius 1 is 1.14 bits per heavy atom. The highest BCUT2D eigenvalue weighted by Crippen LogP contribution is 2.44. The monoisotopic (exact) mass is 404 g/mol. The zero-order valence-electron chi connectivity index (χ0n) is 15.4. The highest BCUT2D eigenvalue weighted by molar-refractivity contribution is 6.30. The van der Waals surface area contributed by atoms with Crippen LogP contribution in [0.25, 0.3) is 11.1 Å². The van der Waals surface area contributed by atoms with Gasteiger partial charge in [-0.1, -0.05) is 66.1 Å². The predicted molar refractivity (Wildman–Crippen MR) is 111 cm³/mol. The number of ether oxygens (including phenoxy) is 1. The van der Waals surface area contributed by atoms with Crippen molar-refractivity contribution in [2.45, 2.75) is 5.92 Å². The molecule has 144 valence electrons. The smallest absolute Gasteiger partial charge is 0.407 e. The molecule has 3 aromatic rings. The molecule has 1 heterocycles. The summed E-state index contributed by atoms with van der Waals surface area (Å²) >= 11 is 5.91. The molecule has 0 saturated heterocycles. The Hall–Kier alpha value is -3.56. The minimum Gasteiger partial charge on any atom is -0.449 e. The first-order valence-corrected chi connectivity index (χ1v) is 9.37. The van der Waals surface area contributed by atoms with Gasteiger partial charge in [0.25, 0.3) is 0 Å². The average Bonchev–Trinajstić information content (AvgIpc) is 3.05. The van der Waals surface area contributed by atoms with E-state index in [0.29, 0.717) is 5.69 Å². The van der Waals surface area contributed by atoms with Crippen molar-refractivity contribution < 1.29 is 9.53 Å². The van der Waals surface area contributed by atoms with E-state index in [9.17, 15) is 4.79 Å². The molecular formula is C22H17ClN4O2. The number of nitrogens with one attached hydrogen (secondary N) is 1. The maximum absolute atomic E-state index is 12.1. The minimum absolute atomic E-state index is 0.0168. The Morgan fingerprint density at radius 2 is 1.79 bits per heavy atom. The second kappa shape index (κ2) is 8.21. The van der Waals surface area contributed by atoms with E-state index in [4.69, 9.17) is 22.1 Å². The fourth-order valence-electron chi connectivity index (χ4n) is 3.36. The summed E-state index contributed by atoms with van der Waals surface area (Å²) in [5, 5.41) is 2.73. The van der Waals surface area contributed by atoms with Crippen LogP contribution in [0, 0.1) is 11.8 Å². The highest BCUT2D eigenvalue weighted by atomic mass is 35.5. The van der Waals surface area contributed by atoms with Gasteiger partial charge in [0.1, 0.15) is 12.4 Å². The van der Waals surface area contributed by atoms with Crippen molar-refractivity contribution in [2.75, 3.05) is 18.9 Å². The molecule has 0 radical (unpaired) electrons. The van der Waals surface area contributed by atoms with Crippen LogP contribution in [0.15, 0.2) is 54.7 Å². The van der Waals surface area contributed by atoms with Crippen molar-refractivity contribution in [2.24, 2.45) is 0 Å². The number of benzene rings is 2. The lowest BCUT2D eigenvalue weighted by molar-refractivity contribution is 0.144. The summed E-state index contributed by atoms with van der Waals surface area (Å²) in [6.07, 6.45) is 0.838. The number of nitrogens with two attached hydrogens (primary N) is 1. The normalized spacial score (nSPS) is 11.8. The molecule has 1 aromatic heterocycles. The molecule has 0 aliphatic heterocycles. The third kappa shape index (κ3) is 4.00. The lowest BCUT2D eigenvalue weighted by Gasteiger charge is -2.14. The van der Waals surface area contributed by atoms with Crippen molar-refractivity contribution in [1.29, 1.82) is 0 Å². The summed E-state index contributed by atoms with van der Waals surface area (Å²) in [5.74, 6) is 5.74. The number of nitrogen functional groups attached to an aromatic ring is 1. The fraction of sp³-hybridized carbons (Fsp3) is 0.136. The van der Waals surface area contributed by atoms with Crippen molar-refractivity contribution in [3.8, 4) is 23.0 Å². The van der Waals surface area contributed by atoms with Crippen LogP contribution in [-0.2, 0) is 4.74 Å². The Morgan fingerprint density at radius 3 is 2.45 bits per heavy atom. The second-order valence-corrected chi connectivity index (χ2v) is 6.77. The summed E-state index contributed by atoms with van der Waals surface area (Å²) in [5.41, 5.74) is 10.5. The number of carbonyl (C=O) groups is 1. The SMILES string of the molecule is Nc1cnc(C#CCNC(=O)OCC2c3ccccc3-c3ccccc32)c(Cl)n1. The largest absolute Gasteiger partial charge is 0.449 e. The number of carbonyl (C=O) groups excluding carboxylic acids is 1. The maximum Gasteiger partial charge on any atom is 0.407 e. The van der Waals surface area contributed by atoms with E-state index in [1.807, 2.05) is 24.3 Å². The van der Waals surface area contributed by atoms with E-state index < -0.39 is 6.09 Å². The number of fused-ring (bicyclic) bond motifs is 3. The molecule has 1 aliphatic carbocycles. The van der Waals surface area contributed by atoms with Gasteiger partial charge in [-0.3, -0.25) is 0 Å². The van der Waals surface area contributed by atoms with Crippen LogP contribution < -0.4 is 11.1 Å². The quantitative estimate of drug-likeness (QED) is 0.651. The molecule has 7 heteroatoms. The molecule has 29 heavy (non-hydrogen) atoms. The summed E-state index contributed by atoms with van der Waals surface area (Å²) < 4.78 is 5.44. The minimum atomic E-state index is -0.532. The summed E-state index contributed by atoms with van der Waals surface area (Å²) in [7, 11) is 0. The lowest BCUT2D eigenvalue weighted by atomic mass is 9.98. The van der Waals surface area contributed by atoms with Gasteiger partial charge in [0.05, 0.1) is 12.7 Å². The van der Waals surface area contributed by atoms with Gasteiger partial charge >= 0.3 is 6.09 Å². The molecule has 4 rings (SSSR count). The van der Waals surface area contributed by atoms with Crippen LogP contribution in [0.1, 0.15) is 22.7 Å². The van der Waals surface area contributed by atoms with E-state index in [1.54, 1.807) is 0 Å². The zero-order chi connectivity index (χ0) is 20.2. The van der Waals surface area contributed by atoms with Gasteiger partial charge in [-0.25, -0.2) is 14.8 Å². The number of hydrogen-bond donors (Lipinski definition) is 2. The summed E-state index contributed by atoms with van der Waals surface area (Å²) in [6.45, 7) is 0.349. The predicted octanol–water partition coefficient (Wildman–Crippen LogP) is 3.60. The number of amides is 1. The van der Waals surface area contributed by atoms with Gasteiger partial charge < -0.3 is 15.8 Å². The van der Waals surface area contributed by atoms with Gasteiger partial charge in [-0.15, -0.1) is 0 Å². The molecule has 0 fully saturated rings. The van der Waals surface area contributed by atoms with Crippen molar-refractivity contribution in [3.05, 3.63) is 76.7 Å². The Labute approximate surface area is 173 Å². The van der Waals surface area contributed by atoms with Crippen LogP contribution in [0.4, 0.5) is 10.6 Å². The highest BCUT2D eigenvalue weighted by Gasteiger charge is 2.28. The number of anilines is 1. The molecular weight excluding hydrogens is 388 g/mol. The Balaban J connectivity index is 1.35. The van der Waals surface area contributed by atoms with E-state index in [2.05, 4.69) is 51.4 Å². The standard InChI is InChI=1S/C22H17ClN4O2/c23-21-19(26-12-20(24)27-21)10-5-11-25-22(28)29-13-18-16-8-3-1-6-14(16)15-7-2-4-9-17(15)18/h1-4,6-9,12,18H,11,13H2,(H2,24,27)(H,25,28). The van der Waals surface area contributed by atoms with Gasteiger partial charge in [-0.2, -0.15) is 0 Å². The van der Waals surface area contributed by atoms with Crippen molar-refractivity contribution in [3.63, 3.8) is 0 Å². The van der Waals surface area contributed by atoms with Crippen LogP contribution in [0.3, 0.4) is 0 Å². The van der Waals surface area contributed by atoms with Crippen molar-refractivity contribution in [1.82, 2.24) is 15.3 Å². The summed E-state index contributed by atoms with van der Waals surface area (Å²) in [6, 6.07) is 16.4. The van der Waals surface area contributed by atoms with Gasteiger partial charge in [0.15, 0.2) is 10.8 Å². The van der Waals surface area contributed by atoms with E-state index in [0.717, 1.165) is 11.1 Å². The maximum atomic E-state index is 12.1. The van der Waals surface area contributed by atoms with Gasteiger partial charge in [0, 0.05) is 5.92 Å². The molecule has 1 amide bonds. The van der Waals surface area contributed by atoms with Gasteiger partial charge in [-0.05, 0) is 28.2 Å². The average molecular weight is 405 g/mol. The molecule has 0 unspecified atom stereocenters. The molecule has 0 spiro atoms. The third-order valence-corrected chi connectivity index (χ3v) is 4.88. The van der Waals surface area contributed by atoms with Gasteiger partial charge in [0.2, 0.25) is 0 Å². The van der Waals surface area contributed by atoms with Crippen LogP contribution >= 0.6 is 11.6 Å². The molecule has 0 saturated carbocycles. The third-order valence-electron chi connectivity index (χ3n) is 4.62. The number of rotatable bonds is 3. The molecule has 1 aliphatic rings. The van der Waals surface area contributed by atoms with E-state index in [-0.39, 0.29) is 30.0 Å². The van der Waals surface area contributed by atoms with Crippen LogP contribution in [0.5, 0.6) is 0 Å². The second-order valence-electron chi connectivity index (χ2n) is 6.42.